The number of benzene rings is 2. The van der Waals surface area contributed by atoms with Crippen LogP contribution in [0.1, 0.15) is 45.1 Å². The molecule has 0 aliphatic heterocycles. The van der Waals surface area contributed by atoms with Crippen molar-refractivity contribution in [3.63, 3.8) is 0 Å². The van der Waals surface area contributed by atoms with Crippen molar-refractivity contribution in [2.45, 2.75) is 51.0 Å². The number of anilines is 1. The average molecular weight is 399 g/mol. The first-order valence-electron chi connectivity index (χ1n) is 9.96. The first-order chi connectivity index (χ1) is 14.0. The molecule has 1 fully saturated rings. The normalized spacial score (nSPS) is 16.1. The van der Waals surface area contributed by atoms with Crippen LogP contribution in [0.5, 0.6) is 5.75 Å². The smallest absolute Gasteiger partial charge is 0.317 e. The van der Waals surface area contributed by atoms with Crippen LogP contribution >= 0.6 is 0 Å². The molecule has 0 unspecified atom stereocenters. The Morgan fingerprint density at radius 1 is 1.10 bits per heavy atom. The van der Waals surface area contributed by atoms with Crippen LogP contribution < -0.4 is 10.1 Å². The van der Waals surface area contributed by atoms with Gasteiger partial charge in [-0.3, -0.25) is 9.59 Å². The van der Waals surface area contributed by atoms with Crippen LogP contribution in [0.4, 0.5) is 10.1 Å². The zero-order valence-electron chi connectivity index (χ0n) is 16.7. The summed E-state index contributed by atoms with van der Waals surface area (Å²) in [6, 6.07) is 13.3. The number of hydrogen-bond donors (Lipinski definition) is 1. The number of amides is 1. The highest BCUT2D eigenvalue weighted by molar-refractivity contribution is 5.97. The Kier molecular flexibility index (Phi) is 6.52. The molecule has 0 bridgehead atoms. The molecule has 29 heavy (non-hydrogen) atoms. The maximum atomic E-state index is 14.4. The predicted octanol–water partition coefficient (Wildman–Crippen LogP) is 4.61. The molecular weight excluding hydrogens is 373 g/mol. The summed E-state index contributed by atoms with van der Waals surface area (Å²) in [6.45, 7) is 3.83. The number of hydrogen-bond acceptors (Lipinski definition) is 4. The van der Waals surface area contributed by atoms with E-state index in [1.54, 1.807) is 36.4 Å². The molecule has 0 radical (unpaired) electrons. The van der Waals surface area contributed by atoms with Gasteiger partial charge in [0.15, 0.2) is 6.10 Å². The van der Waals surface area contributed by atoms with Gasteiger partial charge in [-0.05, 0) is 44.9 Å². The summed E-state index contributed by atoms with van der Waals surface area (Å²) in [4.78, 5) is 25.7. The minimum absolute atomic E-state index is 0.344. The summed E-state index contributed by atoms with van der Waals surface area (Å²) < 4.78 is 25.5. The Hall–Kier alpha value is -2.89. The molecule has 1 aliphatic rings. The van der Waals surface area contributed by atoms with Crippen LogP contribution in [0, 0.1) is 5.82 Å². The van der Waals surface area contributed by atoms with Gasteiger partial charge in [0.2, 0.25) is 0 Å². The zero-order chi connectivity index (χ0) is 20.9. The van der Waals surface area contributed by atoms with Gasteiger partial charge in [0.1, 0.15) is 11.6 Å². The van der Waals surface area contributed by atoms with Crippen molar-refractivity contribution in [3.05, 3.63) is 59.9 Å². The van der Waals surface area contributed by atoms with E-state index in [-0.39, 0.29) is 0 Å². The first-order valence-corrected chi connectivity index (χ1v) is 9.96. The van der Waals surface area contributed by atoms with Crippen LogP contribution in [0.25, 0.3) is 0 Å². The summed E-state index contributed by atoms with van der Waals surface area (Å²) in [7, 11) is 0. The summed E-state index contributed by atoms with van der Waals surface area (Å²) in [5, 5.41) is 2.74. The number of carbonyl (C=O) groups is 2. The second-order valence-corrected chi connectivity index (χ2v) is 7.24. The highest BCUT2D eigenvalue weighted by atomic mass is 19.1. The van der Waals surface area contributed by atoms with Crippen molar-refractivity contribution in [1.82, 2.24) is 0 Å². The highest BCUT2D eigenvalue weighted by Gasteiger charge is 2.46. The summed E-state index contributed by atoms with van der Waals surface area (Å²) in [6.07, 6.45) is 1.61. The molecule has 154 valence electrons. The van der Waals surface area contributed by atoms with E-state index >= 15 is 0 Å². The SMILES string of the molecule is CCOc1ccccc1NC(=O)[C@H](C)OC(=O)C1(c2ccccc2F)CCCC1. The first kappa shape index (κ1) is 20.8. The van der Waals surface area contributed by atoms with Gasteiger partial charge in [0.25, 0.3) is 5.91 Å². The molecule has 0 spiro atoms. The quantitative estimate of drug-likeness (QED) is 0.691. The standard InChI is InChI=1S/C23H26FNO4/c1-3-28-20-13-7-6-12-19(20)25-21(26)16(2)29-22(27)23(14-8-9-15-23)17-10-4-5-11-18(17)24/h4-7,10-13,16H,3,8-9,14-15H2,1-2H3,(H,25,26)/t16-/m0/s1. The third-order valence-electron chi connectivity index (χ3n) is 5.34. The third kappa shape index (κ3) is 4.42. The average Bonchev–Trinajstić information content (AvgIpc) is 3.21. The maximum Gasteiger partial charge on any atom is 0.317 e. The van der Waals surface area contributed by atoms with E-state index in [4.69, 9.17) is 9.47 Å². The lowest BCUT2D eigenvalue weighted by Gasteiger charge is -2.29. The van der Waals surface area contributed by atoms with E-state index in [1.807, 2.05) is 13.0 Å². The van der Waals surface area contributed by atoms with Gasteiger partial charge < -0.3 is 14.8 Å². The van der Waals surface area contributed by atoms with E-state index in [0.29, 0.717) is 36.4 Å². The van der Waals surface area contributed by atoms with Crippen molar-refractivity contribution in [1.29, 1.82) is 0 Å². The van der Waals surface area contributed by atoms with Gasteiger partial charge in [-0.25, -0.2) is 4.39 Å². The Morgan fingerprint density at radius 2 is 1.76 bits per heavy atom. The molecule has 0 heterocycles. The fraction of sp³-hybridized carbons (Fsp3) is 0.391. The monoisotopic (exact) mass is 399 g/mol. The number of rotatable bonds is 7. The highest BCUT2D eigenvalue weighted by Crippen LogP contribution is 2.43. The summed E-state index contributed by atoms with van der Waals surface area (Å²) >= 11 is 0. The van der Waals surface area contributed by atoms with Crippen LogP contribution in [-0.4, -0.2) is 24.6 Å². The lowest BCUT2D eigenvalue weighted by Crippen LogP contribution is -2.40. The van der Waals surface area contributed by atoms with Crippen molar-refractivity contribution < 1.29 is 23.5 Å². The van der Waals surface area contributed by atoms with Gasteiger partial charge in [-0.15, -0.1) is 0 Å². The lowest BCUT2D eigenvalue weighted by molar-refractivity contribution is -0.159. The van der Waals surface area contributed by atoms with Gasteiger partial charge >= 0.3 is 5.97 Å². The molecule has 2 aromatic rings. The molecule has 2 aromatic carbocycles. The van der Waals surface area contributed by atoms with E-state index in [0.717, 1.165) is 12.8 Å². The van der Waals surface area contributed by atoms with E-state index < -0.39 is 29.2 Å². The Labute approximate surface area is 170 Å². The molecule has 1 N–H and O–H groups in total. The summed E-state index contributed by atoms with van der Waals surface area (Å²) in [5.74, 6) is -0.900. The molecular formula is C23H26FNO4. The van der Waals surface area contributed by atoms with Crippen molar-refractivity contribution in [2.75, 3.05) is 11.9 Å². The van der Waals surface area contributed by atoms with Crippen LogP contribution in [0.3, 0.4) is 0 Å². The topological polar surface area (TPSA) is 64.6 Å². The van der Waals surface area contributed by atoms with Gasteiger partial charge in [-0.2, -0.15) is 0 Å². The molecule has 3 rings (SSSR count). The minimum Gasteiger partial charge on any atom is -0.492 e. The van der Waals surface area contributed by atoms with Gasteiger partial charge in [0.05, 0.1) is 17.7 Å². The number of esters is 1. The van der Waals surface area contributed by atoms with Crippen LogP contribution in [0.15, 0.2) is 48.5 Å². The third-order valence-corrected chi connectivity index (χ3v) is 5.34. The number of nitrogens with one attached hydrogen (secondary N) is 1. The van der Waals surface area contributed by atoms with Gasteiger partial charge in [-0.1, -0.05) is 43.2 Å². The van der Waals surface area contributed by atoms with Crippen molar-refractivity contribution >= 4 is 17.6 Å². The molecule has 1 amide bonds. The Balaban J connectivity index is 1.74. The van der Waals surface area contributed by atoms with Gasteiger partial charge in [0, 0.05) is 5.56 Å². The largest absolute Gasteiger partial charge is 0.492 e. The molecule has 0 saturated heterocycles. The lowest BCUT2D eigenvalue weighted by atomic mass is 9.78. The number of carbonyl (C=O) groups excluding carboxylic acids is 2. The second kappa shape index (κ2) is 9.07. The van der Waals surface area contributed by atoms with Crippen molar-refractivity contribution in [3.8, 4) is 5.75 Å². The molecule has 1 saturated carbocycles. The maximum absolute atomic E-state index is 14.4. The Morgan fingerprint density at radius 3 is 2.45 bits per heavy atom. The number of ether oxygens (including phenoxy) is 2. The fourth-order valence-electron chi connectivity index (χ4n) is 3.82. The van der Waals surface area contributed by atoms with Crippen molar-refractivity contribution in [2.24, 2.45) is 0 Å². The minimum atomic E-state index is -1.04. The molecule has 5 nitrogen and oxygen atoms in total. The number of para-hydroxylation sites is 2. The molecule has 0 aromatic heterocycles. The van der Waals surface area contributed by atoms with E-state index in [2.05, 4.69) is 5.32 Å². The van der Waals surface area contributed by atoms with Crippen LogP contribution in [-0.2, 0) is 19.7 Å². The van der Waals surface area contributed by atoms with E-state index in [9.17, 15) is 14.0 Å². The molecule has 6 heteroatoms. The van der Waals surface area contributed by atoms with E-state index in [1.165, 1.54) is 13.0 Å². The molecule has 1 aliphatic carbocycles. The molecule has 1 atom stereocenters. The fourth-order valence-corrected chi connectivity index (χ4v) is 3.82. The summed E-state index contributed by atoms with van der Waals surface area (Å²) in [5.41, 5.74) is -0.188. The number of halogens is 1. The predicted molar refractivity (Wildman–Crippen MR) is 108 cm³/mol. The Bertz CT molecular complexity index is 877. The second-order valence-electron chi connectivity index (χ2n) is 7.24. The zero-order valence-corrected chi connectivity index (χ0v) is 16.7. The van der Waals surface area contributed by atoms with Crippen LogP contribution in [0.2, 0.25) is 0 Å².